The van der Waals surface area contributed by atoms with Crippen LogP contribution < -0.4 is 14.9 Å². The number of benzene rings is 3. The molecule has 6 heteroatoms. The minimum atomic E-state index is -0.660. The quantitative estimate of drug-likeness (QED) is 0.405. The fourth-order valence-electron chi connectivity index (χ4n) is 3.28. The van der Waals surface area contributed by atoms with Gasteiger partial charge in [0.2, 0.25) is 5.43 Å². The van der Waals surface area contributed by atoms with Crippen molar-refractivity contribution in [2.45, 2.75) is 20.1 Å². The van der Waals surface area contributed by atoms with Gasteiger partial charge in [0.1, 0.15) is 18.8 Å². The van der Waals surface area contributed by atoms with E-state index in [1.165, 1.54) is 6.20 Å². The van der Waals surface area contributed by atoms with E-state index in [0.29, 0.717) is 35.6 Å². The van der Waals surface area contributed by atoms with E-state index in [0.717, 1.165) is 11.1 Å². The molecule has 32 heavy (non-hydrogen) atoms. The van der Waals surface area contributed by atoms with Gasteiger partial charge < -0.3 is 19.2 Å². The largest absolute Gasteiger partial charge is 0.485 e. The second-order valence-electron chi connectivity index (χ2n) is 7.15. The van der Waals surface area contributed by atoms with Crippen LogP contribution in [0, 0.1) is 0 Å². The molecular weight excluding hydrogens is 406 g/mol. The minimum absolute atomic E-state index is 0.0497. The number of ether oxygens (including phenoxy) is 3. The molecular formula is C26H23NO5. The number of rotatable bonds is 8. The molecule has 0 unspecified atom stereocenters. The zero-order valence-electron chi connectivity index (χ0n) is 17.7. The first-order valence-electron chi connectivity index (χ1n) is 10.4. The molecule has 0 spiro atoms. The van der Waals surface area contributed by atoms with Gasteiger partial charge >= 0.3 is 5.97 Å². The standard InChI is InChI=1S/C26H23NO5/c1-2-30-26(29)21-15-27-22-14-24(32-17-19-11-7-4-8-12-19)23(13-20(22)25(21)28)31-16-18-9-5-3-6-10-18/h3-15H,2,16-17H2,1H3,(H,27,28). The maximum Gasteiger partial charge on any atom is 0.343 e. The van der Waals surface area contributed by atoms with E-state index < -0.39 is 11.4 Å². The molecule has 0 radical (unpaired) electrons. The summed E-state index contributed by atoms with van der Waals surface area (Å²) in [5.41, 5.74) is 2.06. The smallest absolute Gasteiger partial charge is 0.343 e. The Morgan fingerprint density at radius 1 is 0.844 bits per heavy atom. The Labute approximate surface area is 185 Å². The number of aromatic nitrogens is 1. The predicted octanol–water partition coefficient (Wildman–Crippen LogP) is 4.86. The summed E-state index contributed by atoms with van der Waals surface area (Å²) in [5, 5.41) is 0.325. The molecule has 1 N–H and O–H groups in total. The summed E-state index contributed by atoms with van der Waals surface area (Å²) in [6.45, 7) is 2.54. The van der Waals surface area contributed by atoms with Gasteiger partial charge in [-0.15, -0.1) is 0 Å². The van der Waals surface area contributed by atoms with Gasteiger partial charge in [-0.25, -0.2) is 4.79 Å². The number of hydrogen-bond donors (Lipinski definition) is 1. The molecule has 1 heterocycles. The second-order valence-corrected chi connectivity index (χ2v) is 7.15. The van der Waals surface area contributed by atoms with Crippen molar-refractivity contribution in [3.05, 3.63) is 106 Å². The highest BCUT2D eigenvalue weighted by molar-refractivity contribution is 5.94. The number of pyridine rings is 1. The molecule has 0 saturated heterocycles. The van der Waals surface area contributed by atoms with Crippen molar-refractivity contribution >= 4 is 16.9 Å². The van der Waals surface area contributed by atoms with Gasteiger partial charge in [0.05, 0.1) is 17.5 Å². The summed E-state index contributed by atoms with van der Waals surface area (Å²) in [4.78, 5) is 28.1. The first-order chi connectivity index (χ1) is 15.7. The van der Waals surface area contributed by atoms with Gasteiger partial charge in [-0.3, -0.25) is 4.79 Å². The first kappa shape index (κ1) is 21.2. The summed E-state index contributed by atoms with van der Waals surface area (Å²) < 4.78 is 17.1. The number of hydrogen-bond acceptors (Lipinski definition) is 5. The van der Waals surface area contributed by atoms with Gasteiger partial charge in [0, 0.05) is 12.3 Å². The van der Waals surface area contributed by atoms with E-state index in [1.54, 1.807) is 19.1 Å². The van der Waals surface area contributed by atoms with Crippen LogP contribution in [0.4, 0.5) is 0 Å². The summed E-state index contributed by atoms with van der Waals surface area (Å²) in [7, 11) is 0. The normalized spacial score (nSPS) is 10.7. The third kappa shape index (κ3) is 4.81. The van der Waals surface area contributed by atoms with Crippen molar-refractivity contribution in [3.8, 4) is 11.5 Å². The Kier molecular flexibility index (Phi) is 6.51. The Morgan fingerprint density at radius 2 is 1.41 bits per heavy atom. The maximum atomic E-state index is 12.9. The molecule has 0 atom stereocenters. The van der Waals surface area contributed by atoms with E-state index in [9.17, 15) is 9.59 Å². The van der Waals surface area contributed by atoms with Crippen molar-refractivity contribution in [3.63, 3.8) is 0 Å². The van der Waals surface area contributed by atoms with E-state index in [4.69, 9.17) is 14.2 Å². The molecule has 0 aliphatic heterocycles. The van der Waals surface area contributed by atoms with E-state index in [-0.39, 0.29) is 12.2 Å². The highest BCUT2D eigenvalue weighted by atomic mass is 16.5. The predicted molar refractivity (Wildman–Crippen MR) is 122 cm³/mol. The lowest BCUT2D eigenvalue weighted by Gasteiger charge is -2.15. The number of carbonyl (C=O) groups is 1. The van der Waals surface area contributed by atoms with Gasteiger partial charge in [0.15, 0.2) is 11.5 Å². The zero-order valence-corrected chi connectivity index (χ0v) is 17.7. The Hall–Kier alpha value is -4.06. The number of esters is 1. The lowest BCUT2D eigenvalue weighted by Crippen LogP contribution is -2.18. The lowest BCUT2D eigenvalue weighted by atomic mass is 10.1. The maximum absolute atomic E-state index is 12.9. The Bertz CT molecular complexity index is 1270. The van der Waals surface area contributed by atoms with Crippen LogP contribution in [0.2, 0.25) is 0 Å². The molecule has 4 rings (SSSR count). The van der Waals surface area contributed by atoms with Crippen molar-refractivity contribution in [2.24, 2.45) is 0 Å². The molecule has 162 valence electrons. The van der Waals surface area contributed by atoms with Crippen LogP contribution in [0.3, 0.4) is 0 Å². The summed E-state index contributed by atoms with van der Waals surface area (Å²) in [6.07, 6.45) is 1.37. The van der Waals surface area contributed by atoms with Crippen molar-refractivity contribution in [1.29, 1.82) is 0 Å². The van der Waals surface area contributed by atoms with E-state index in [1.807, 2.05) is 60.7 Å². The molecule has 0 fully saturated rings. The van der Waals surface area contributed by atoms with Gasteiger partial charge in [0.25, 0.3) is 0 Å². The van der Waals surface area contributed by atoms with Crippen LogP contribution in [0.15, 0.2) is 83.8 Å². The average molecular weight is 429 g/mol. The fourth-order valence-corrected chi connectivity index (χ4v) is 3.28. The number of fused-ring (bicyclic) bond motifs is 1. The molecule has 0 bridgehead atoms. The van der Waals surface area contributed by atoms with Crippen molar-refractivity contribution in [2.75, 3.05) is 6.61 Å². The minimum Gasteiger partial charge on any atom is -0.485 e. The molecule has 0 saturated carbocycles. The van der Waals surface area contributed by atoms with Crippen molar-refractivity contribution < 1.29 is 19.0 Å². The van der Waals surface area contributed by atoms with E-state index in [2.05, 4.69) is 4.98 Å². The number of carbonyl (C=O) groups excluding carboxylic acids is 1. The first-order valence-corrected chi connectivity index (χ1v) is 10.4. The highest BCUT2D eigenvalue weighted by Crippen LogP contribution is 2.32. The van der Waals surface area contributed by atoms with Gasteiger partial charge in [-0.2, -0.15) is 0 Å². The topological polar surface area (TPSA) is 77.6 Å². The molecule has 0 amide bonds. The average Bonchev–Trinajstić information content (AvgIpc) is 2.83. The highest BCUT2D eigenvalue weighted by Gasteiger charge is 2.17. The third-order valence-corrected chi connectivity index (χ3v) is 4.91. The molecule has 4 aromatic rings. The second kappa shape index (κ2) is 9.83. The lowest BCUT2D eigenvalue weighted by molar-refractivity contribution is 0.0524. The molecule has 3 aromatic carbocycles. The SMILES string of the molecule is CCOC(=O)c1c[nH]c2cc(OCc3ccccc3)c(OCc3ccccc3)cc2c1=O. The van der Waals surface area contributed by atoms with Crippen LogP contribution in [-0.4, -0.2) is 17.6 Å². The molecule has 0 aliphatic rings. The van der Waals surface area contributed by atoms with E-state index >= 15 is 0 Å². The number of nitrogens with one attached hydrogen (secondary N) is 1. The van der Waals surface area contributed by atoms with Gasteiger partial charge in [-0.05, 0) is 24.1 Å². The zero-order chi connectivity index (χ0) is 22.3. The monoisotopic (exact) mass is 429 g/mol. The molecule has 0 aliphatic carbocycles. The molecule has 6 nitrogen and oxygen atoms in total. The van der Waals surface area contributed by atoms with Crippen LogP contribution in [-0.2, 0) is 18.0 Å². The van der Waals surface area contributed by atoms with Crippen molar-refractivity contribution in [1.82, 2.24) is 4.98 Å². The summed E-state index contributed by atoms with van der Waals surface area (Å²) >= 11 is 0. The third-order valence-electron chi connectivity index (χ3n) is 4.91. The molecule has 1 aromatic heterocycles. The van der Waals surface area contributed by atoms with Crippen LogP contribution in [0.25, 0.3) is 10.9 Å². The number of H-pyrrole nitrogens is 1. The fraction of sp³-hybridized carbons (Fsp3) is 0.154. The van der Waals surface area contributed by atoms with Crippen LogP contribution in [0.5, 0.6) is 11.5 Å². The Balaban J connectivity index is 1.70. The summed E-state index contributed by atoms with van der Waals surface area (Å²) in [5.74, 6) is 0.257. The van der Waals surface area contributed by atoms with Crippen LogP contribution >= 0.6 is 0 Å². The Morgan fingerprint density at radius 3 is 1.97 bits per heavy atom. The van der Waals surface area contributed by atoms with Gasteiger partial charge in [-0.1, -0.05) is 60.7 Å². The summed E-state index contributed by atoms with van der Waals surface area (Å²) in [6, 6.07) is 22.8. The van der Waals surface area contributed by atoms with Crippen LogP contribution in [0.1, 0.15) is 28.4 Å². The number of aromatic amines is 1.